The molecule has 0 radical (unpaired) electrons. The zero-order valence-corrected chi connectivity index (χ0v) is 8.25. The Morgan fingerprint density at radius 1 is 1.55 bits per heavy atom. The number of halogens is 3. The lowest BCUT2D eigenvalue weighted by Crippen LogP contribution is -2.01. The molecule has 1 heterocycles. The van der Waals surface area contributed by atoms with Gasteiger partial charge in [0.1, 0.15) is 0 Å². The van der Waals surface area contributed by atoms with Crippen LogP contribution in [0.3, 0.4) is 0 Å². The molecule has 1 aromatic heterocycles. The molecule has 0 aromatic carbocycles. The van der Waals surface area contributed by atoms with E-state index in [9.17, 15) is 0 Å². The predicted octanol–water partition coefficient (Wildman–Crippen LogP) is 3.22. The molecule has 6 heteroatoms. The van der Waals surface area contributed by atoms with Gasteiger partial charge in [0.15, 0.2) is 0 Å². The van der Waals surface area contributed by atoms with Gasteiger partial charge in [0, 0.05) is 11.6 Å². The van der Waals surface area contributed by atoms with Gasteiger partial charge >= 0.3 is 0 Å². The number of hydrogen-bond donors (Lipinski definition) is 0. The van der Waals surface area contributed by atoms with E-state index in [1.54, 1.807) is 11.6 Å². The highest BCUT2D eigenvalue weighted by Gasteiger charge is 2.15. The summed E-state index contributed by atoms with van der Waals surface area (Å²) in [6, 6.07) is 0. The molecular weight excluding hydrogens is 226 g/mol. The monoisotopic (exact) mass is 228 g/mol. The minimum Gasteiger partial charge on any atom is -0.228 e. The highest BCUT2D eigenvalue weighted by atomic mass is 35.6. The van der Waals surface area contributed by atoms with Gasteiger partial charge in [-0.15, -0.1) is 11.3 Å². The van der Waals surface area contributed by atoms with E-state index >= 15 is 0 Å². The lowest BCUT2D eigenvalue weighted by atomic mass is 10.8. The van der Waals surface area contributed by atoms with Crippen LogP contribution in [0.1, 0.15) is 0 Å². The number of aromatic nitrogens is 1. The van der Waals surface area contributed by atoms with Crippen molar-refractivity contribution in [2.24, 2.45) is 4.99 Å². The van der Waals surface area contributed by atoms with Crippen LogP contribution >= 0.6 is 46.1 Å². The van der Waals surface area contributed by atoms with Crippen LogP contribution in [0.5, 0.6) is 0 Å². The van der Waals surface area contributed by atoms with Crippen molar-refractivity contribution in [3.8, 4) is 0 Å². The Morgan fingerprint density at radius 3 is 2.73 bits per heavy atom. The molecule has 0 spiro atoms. The molecule has 2 nitrogen and oxygen atoms in total. The van der Waals surface area contributed by atoms with Gasteiger partial charge in [0.05, 0.1) is 6.21 Å². The summed E-state index contributed by atoms with van der Waals surface area (Å²) in [6.07, 6.45) is 2.85. The second kappa shape index (κ2) is 3.72. The first kappa shape index (κ1) is 9.26. The SMILES string of the molecule is ClC(Cl)(Cl)C=Nc1nccs1. The molecular formula is C5H3Cl3N2S. The third-order valence-electron chi connectivity index (χ3n) is 0.741. The molecule has 0 aliphatic carbocycles. The number of hydrogen-bond acceptors (Lipinski definition) is 3. The first-order valence-corrected chi connectivity index (χ1v) is 4.61. The molecule has 0 saturated carbocycles. The van der Waals surface area contributed by atoms with E-state index in [1.807, 2.05) is 0 Å². The Balaban J connectivity index is 2.63. The average molecular weight is 230 g/mol. The fraction of sp³-hybridized carbons (Fsp3) is 0.200. The van der Waals surface area contributed by atoms with Crippen LogP contribution in [0, 0.1) is 0 Å². The summed E-state index contributed by atoms with van der Waals surface area (Å²) in [6.45, 7) is 0. The standard InChI is InChI=1S/C5H3Cl3N2S/c6-5(7,8)3-10-4-9-1-2-11-4/h1-3H. The minimum atomic E-state index is -1.44. The summed E-state index contributed by atoms with van der Waals surface area (Å²) in [5.41, 5.74) is 0. The second-order valence-electron chi connectivity index (χ2n) is 1.61. The Hall–Kier alpha value is 0.170. The summed E-state index contributed by atoms with van der Waals surface area (Å²) in [7, 11) is 0. The lowest BCUT2D eigenvalue weighted by Gasteiger charge is -1.99. The van der Waals surface area contributed by atoms with Crippen LogP contribution in [0.25, 0.3) is 0 Å². The van der Waals surface area contributed by atoms with Gasteiger partial charge in [-0.25, -0.2) is 9.98 Å². The van der Waals surface area contributed by atoms with Gasteiger partial charge in [-0.3, -0.25) is 0 Å². The fourth-order valence-corrected chi connectivity index (χ4v) is 1.03. The van der Waals surface area contributed by atoms with Crippen molar-refractivity contribution >= 4 is 57.5 Å². The van der Waals surface area contributed by atoms with Crippen molar-refractivity contribution in [3.63, 3.8) is 0 Å². The summed E-state index contributed by atoms with van der Waals surface area (Å²) in [5.74, 6) is 0. The second-order valence-corrected chi connectivity index (χ2v) is 4.86. The smallest absolute Gasteiger partial charge is 0.226 e. The number of alkyl halides is 3. The van der Waals surface area contributed by atoms with Gasteiger partial charge in [0.2, 0.25) is 8.92 Å². The lowest BCUT2D eigenvalue weighted by molar-refractivity contribution is 1.35. The van der Waals surface area contributed by atoms with Gasteiger partial charge < -0.3 is 0 Å². The molecule has 0 N–H and O–H groups in total. The average Bonchev–Trinajstić information content (AvgIpc) is 2.32. The predicted molar refractivity (Wildman–Crippen MR) is 50.6 cm³/mol. The zero-order chi connectivity index (χ0) is 8.32. The minimum absolute atomic E-state index is 0.580. The van der Waals surface area contributed by atoms with Crippen molar-refractivity contribution in [1.29, 1.82) is 0 Å². The quantitative estimate of drug-likeness (QED) is 0.536. The van der Waals surface area contributed by atoms with Crippen molar-refractivity contribution in [2.45, 2.75) is 3.79 Å². The summed E-state index contributed by atoms with van der Waals surface area (Å²) >= 11 is 17.6. The first-order valence-electron chi connectivity index (χ1n) is 2.59. The molecule has 0 atom stereocenters. The highest BCUT2D eigenvalue weighted by molar-refractivity contribution is 7.13. The molecule has 0 saturated heterocycles. The Labute approximate surface area is 82.8 Å². The topological polar surface area (TPSA) is 25.2 Å². The van der Waals surface area contributed by atoms with E-state index in [-0.39, 0.29) is 0 Å². The van der Waals surface area contributed by atoms with E-state index in [2.05, 4.69) is 9.98 Å². The summed E-state index contributed by atoms with van der Waals surface area (Å²) < 4.78 is -1.44. The van der Waals surface area contributed by atoms with Crippen molar-refractivity contribution in [1.82, 2.24) is 4.98 Å². The number of rotatable bonds is 1. The van der Waals surface area contributed by atoms with E-state index in [1.165, 1.54) is 17.6 Å². The zero-order valence-electron chi connectivity index (χ0n) is 5.17. The summed E-state index contributed by atoms with van der Waals surface area (Å²) in [4.78, 5) is 7.69. The Morgan fingerprint density at radius 2 is 2.27 bits per heavy atom. The summed E-state index contributed by atoms with van der Waals surface area (Å²) in [5, 5.41) is 2.38. The van der Waals surface area contributed by atoms with E-state index < -0.39 is 3.79 Å². The van der Waals surface area contributed by atoms with E-state index in [4.69, 9.17) is 34.8 Å². The molecule has 1 aromatic rings. The van der Waals surface area contributed by atoms with Crippen LogP contribution in [0.15, 0.2) is 16.6 Å². The molecule has 0 amide bonds. The largest absolute Gasteiger partial charge is 0.228 e. The maximum absolute atomic E-state index is 5.41. The maximum Gasteiger partial charge on any atom is 0.226 e. The van der Waals surface area contributed by atoms with Crippen molar-refractivity contribution in [2.75, 3.05) is 0 Å². The van der Waals surface area contributed by atoms with Crippen LogP contribution in [-0.4, -0.2) is 15.0 Å². The first-order chi connectivity index (χ1) is 5.08. The van der Waals surface area contributed by atoms with Crippen LogP contribution in [0.2, 0.25) is 0 Å². The molecule has 60 valence electrons. The van der Waals surface area contributed by atoms with Gasteiger partial charge in [-0.1, -0.05) is 34.8 Å². The normalized spacial score (nSPS) is 12.6. The third kappa shape index (κ3) is 3.91. The molecule has 0 aliphatic rings. The molecule has 0 aliphatic heterocycles. The van der Waals surface area contributed by atoms with Crippen LogP contribution < -0.4 is 0 Å². The van der Waals surface area contributed by atoms with Crippen molar-refractivity contribution in [3.05, 3.63) is 11.6 Å². The highest BCUT2D eigenvalue weighted by Crippen LogP contribution is 2.25. The number of aliphatic imine (C=N–C) groups is 1. The van der Waals surface area contributed by atoms with Crippen molar-refractivity contribution < 1.29 is 0 Å². The van der Waals surface area contributed by atoms with Gasteiger partial charge in [0.25, 0.3) is 0 Å². The number of thiazole rings is 1. The fourth-order valence-electron chi connectivity index (χ4n) is 0.408. The Bertz CT molecular complexity index is 239. The van der Waals surface area contributed by atoms with E-state index in [0.29, 0.717) is 5.13 Å². The van der Waals surface area contributed by atoms with E-state index in [0.717, 1.165) is 0 Å². The number of nitrogens with zero attached hydrogens (tertiary/aromatic N) is 2. The van der Waals surface area contributed by atoms with Crippen LogP contribution in [0.4, 0.5) is 5.13 Å². The van der Waals surface area contributed by atoms with Crippen LogP contribution in [-0.2, 0) is 0 Å². The molecule has 1 rings (SSSR count). The van der Waals surface area contributed by atoms with Gasteiger partial charge in [-0.05, 0) is 0 Å². The van der Waals surface area contributed by atoms with Gasteiger partial charge in [-0.2, -0.15) is 0 Å². The molecule has 0 bridgehead atoms. The molecule has 0 fully saturated rings. The Kier molecular flexibility index (Phi) is 3.13. The molecule has 0 unspecified atom stereocenters. The molecule has 11 heavy (non-hydrogen) atoms. The maximum atomic E-state index is 5.41. The third-order valence-corrected chi connectivity index (χ3v) is 1.71.